The number of hydrogen-bond donors (Lipinski definition) is 0. The maximum Gasteiger partial charge on any atom is 0.00950 e. The van der Waals surface area contributed by atoms with Crippen LogP contribution in [0.2, 0.25) is 0 Å². The van der Waals surface area contributed by atoms with Gasteiger partial charge in [-0.05, 0) is 69.7 Å². The Kier molecular flexibility index (Phi) is 12.3. The molecule has 0 aliphatic rings. The third kappa shape index (κ3) is 9.75. The molecule has 0 aliphatic carbocycles. The molecule has 1 nitrogen and oxygen atoms in total. The maximum absolute atomic E-state index is 2.71. The van der Waals surface area contributed by atoms with Gasteiger partial charge in [-0.1, -0.05) is 61.3 Å². The molecule has 0 amide bonds. The molecular weight excluding hydrogens is 278 g/mol. The van der Waals surface area contributed by atoms with Gasteiger partial charge in [0.1, 0.15) is 0 Å². The van der Waals surface area contributed by atoms with Crippen LogP contribution in [0.15, 0.2) is 0 Å². The summed E-state index contributed by atoms with van der Waals surface area (Å²) in [5, 5.41) is 0. The van der Waals surface area contributed by atoms with Gasteiger partial charge < -0.3 is 4.90 Å². The summed E-state index contributed by atoms with van der Waals surface area (Å²) in [6, 6.07) is 1.48. The number of nitrogens with zero attached hydrogens (tertiary/aromatic N) is 1. The lowest BCUT2D eigenvalue weighted by atomic mass is 9.87. The van der Waals surface area contributed by atoms with Crippen LogP contribution in [0.25, 0.3) is 0 Å². The Bertz CT molecular complexity index is 271. The zero-order chi connectivity index (χ0) is 18.0. The molecule has 0 bridgehead atoms. The van der Waals surface area contributed by atoms with Crippen LogP contribution in [0.3, 0.4) is 0 Å². The second-order valence-corrected chi connectivity index (χ2v) is 8.90. The Morgan fingerprint density at radius 1 is 0.783 bits per heavy atom. The highest BCUT2D eigenvalue weighted by atomic mass is 15.2. The van der Waals surface area contributed by atoms with E-state index in [1.165, 1.54) is 44.9 Å². The highest BCUT2D eigenvalue weighted by Crippen LogP contribution is 2.26. The van der Waals surface area contributed by atoms with Crippen LogP contribution in [0.4, 0.5) is 0 Å². The fourth-order valence-corrected chi connectivity index (χ4v) is 3.78. The van der Waals surface area contributed by atoms with Crippen LogP contribution < -0.4 is 0 Å². The maximum atomic E-state index is 2.71. The molecule has 23 heavy (non-hydrogen) atoms. The minimum Gasteiger partial charge on any atom is -0.301 e. The van der Waals surface area contributed by atoms with E-state index in [0.717, 1.165) is 29.7 Å². The molecule has 0 saturated carbocycles. The van der Waals surface area contributed by atoms with Crippen molar-refractivity contribution in [1.82, 2.24) is 4.90 Å². The largest absolute Gasteiger partial charge is 0.301 e. The first-order valence-electron chi connectivity index (χ1n) is 10.4. The fourth-order valence-electron chi connectivity index (χ4n) is 3.78. The second-order valence-electron chi connectivity index (χ2n) is 8.90. The molecule has 0 saturated heterocycles. The van der Waals surface area contributed by atoms with Gasteiger partial charge in [0.25, 0.3) is 0 Å². The Morgan fingerprint density at radius 3 is 1.83 bits per heavy atom. The Hall–Kier alpha value is -0.0400. The van der Waals surface area contributed by atoms with E-state index in [1.54, 1.807) is 0 Å². The minimum atomic E-state index is 0.713. The molecule has 0 aromatic carbocycles. The Labute approximate surface area is 148 Å². The standard InChI is InChI=1S/C22H47N/c1-10-12-22(14-13-19(7)18(5)6)23(9)20(8)16-21(11-2)15-17(3)4/h17-22H,10-16H2,1-9H3/t19?,20?,21-,22?/m0/s1. The normalized spacial score (nSPS) is 17.7. The van der Waals surface area contributed by atoms with E-state index < -0.39 is 0 Å². The molecule has 0 aliphatic heterocycles. The van der Waals surface area contributed by atoms with E-state index in [1.807, 2.05) is 0 Å². The third-order valence-electron chi connectivity index (χ3n) is 6.04. The first-order valence-corrected chi connectivity index (χ1v) is 10.4. The number of rotatable bonds is 13. The Morgan fingerprint density at radius 2 is 1.39 bits per heavy atom. The Balaban J connectivity index is 4.57. The molecule has 0 fully saturated rings. The van der Waals surface area contributed by atoms with Crippen molar-refractivity contribution in [3.63, 3.8) is 0 Å². The summed E-state index contributed by atoms with van der Waals surface area (Å²) in [5.41, 5.74) is 0. The summed E-state index contributed by atoms with van der Waals surface area (Å²) in [5.74, 6) is 3.39. The smallest absolute Gasteiger partial charge is 0.00950 e. The predicted octanol–water partition coefficient (Wildman–Crippen LogP) is 7.01. The molecule has 4 atom stereocenters. The molecule has 0 aromatic rings. The summed E-state index contributed by atoms with van der Waals surface area (Å²) in [6.07, 6.45) is 9.49. The summed E-state index contributed by atoms with van der Waals surface area (Å²) in [7, 11) is 2.38. The fraction of sp³-hybridized carbons (Fsp3) is 1.00. The average molecular weight is 326 g/mol. The van der Waals surface area contributed by atoms with E-state index in [9.17, 15) is 0 Å². The average Bonchev–Trinajstić information content (AvgIpc) is 2.48. The summed E-state index contributed by atoms with van der Waals surface area (Å²) < 4.78 is 0. The summed E-state index contributed by atoms with van der Waals surface area (Å²) in [6.45, 7) is 19.0. The molecular formula is C22H47N. The van der Waals surface area contributed by atoms with E-state index in [2.05, 4.69) is 67.3 Å². The summed E-state index contributed by atoms with van der Waals surface area (Å²) >= 11 is 0. The molecule has 0 rings (SSSR count). The zero-order valence-electron chi connectivity index (χ0n) is 17.9. The molecule has 3 unspecified atom stereocenters. The van der Waals surface area contributed by atoms with Crippen molar-refractivity contribution in [2.45, 2.75) is 112 Å². The minimum absolute atomic E-state index is 0.713. The van der Waals surface area contributed by atoms with Crippen LogP contribution in [-0.2, 0) is 0 Å². The van der Waals surface area contributed by atoms with Gasteiger partial charge in [-0.2, -0.15) is 0 Å². The van der Waals surface area contributed by atoms with Gasteiger partial charge in [-0.15, -0.1) is 0 Å². The predicted molar refractivity (Wildman–Crippen MR) is 107 cm³/mol. The summed E-state index contributed by atoms with van der Waals surface area (Å²) in [4.78, 5) is 2.71. The van der Waals surface area contributed by atoms with E-state index in [-0.39, 0.29) is 0 Å². The van der Waals surface area contributed by atoms with Gasteiger partial charge in [0, 0.05) is 12.1 Å². The zero-order valence-corrected chi connectivity index (χ0v) is 17.9. The van der Waals surface area contributed by atoms with Crippen LogP contribution >= 0.6 is 0 Å². The lowest BCUT2D eigenvalue weighted by Crippen LogP contribution is -2.40. The van der Waals surface area contributed by atoms with Crippen LogP contribution in [0.5, 0.6) is 0 Å². The van der Waals surface area contributed by atoms with Crippen molar-refractivity contribution in [3.8, 4) is 0 Å². The van der Waals surface area contributed by atoms with Gasteiger partial charge in [0.05, 0.1) is 0 Å². The third-order valence-corrected chi connectivity index (χ3v) is 6.04. The molecule has 0 heterocycles. The molecule has 1 heteroatoms. The van der Waals surface area contributed by atoms with Crippen LogP contribution in [0.1, 0.15) is 100 Å². The van der Waals surface area contributed by atoms with E-state index in [4.69, 9.17) is 0 Å². The monoisotopic (exact) mass is 325 g/mol. The molecule has 0 radical (unpaired) electrons. The topological polar surface area (TPSA) is 3.24 Å². The first kappa shape index (κ1) is 23.0. The second kappa shape index (κ2) is 12.3. The van der Waals surface area contributed by atoms with Gasteiger partial charge in [-0.3, -0.25) is 0 Å². The van der Waals surface area contributed by atoms with Crippen molar-refractivity contribution in [2.24, 2.45) is 23.7 Å². The molecule has 0 spiro atoms. The van der Waals surface area contributed by atoms with Crippen molar-refractivity contribution in [1.29, 1.82) is 0 Å². The van der Waals surface area contributed by atoms with E-state index >= 15 is 0 Å². The van der Waals surface area contributed by atoms with Crippen molar-refractivity contribution >= 4 is 0 Å². The van der Waals surface area contributed by atoms with Gasteiger partial charge in [0.2, 0.25) is 0 Å². The van der Waals surface area contributed by atoms with Gasteiger partial charge in [0.15, 0.2) is 0 Å². The van der Waals surface area contributed by atoms with Crippen LogP contribution in [-0.4, -0.2) is 24.0 Å². The van der Waals surface area contributed by atoms with Crippen molar-refractivity contribution in [3.05, 3.63) is 0 Å². The van der Waals surface area contributed by atoms with Gasteiger partial charge in [-0.25, -0.2) is 0 Å². The number of hydrogen-bond acceptors (Lipinski definition) is 1. The highest BCUT2D eigenvalue weighted by Gasteiger charge is 2.23. The van der Waals surface area contributed by atoms with E-state index in [0.29, 0.717) is 6.04 Å². The molecule has 0 N–H and O–H groups in total. The van der Waals surface area contributed by atoms with Crippen LogP contribution in [0, 0.1) is 23.7 Å². The van der Waals surface area contributed by atoms with Crippen molar-refractivity contribution in [2.75, 3.05) is 7.05 Å². The van der Waals surface area contributed by atoms with Gasteiger partial charge >= 0.3 is 0 Å². The lowest BCUT2D eigenvalue weighted by Gasteiger charge is -2.36. The van der Waals surface area contributed by atoms with Crippen molar-refractivity contribution < 1.29 is 0 Å². The SMILES string of the molecule is CCCC(CCC(C)C(C)C)N(C)C(C)C[C@@H](CC)CC(C)C. The highest BCUT2D eigenvalue weighted by molar-refractivity contribution is 4.77. The lowest BCUT2D eigenvalue weighted by molar-refractivity contribution is 0.131. The first-order chi connectivity index (χ1) is 10.7. The quantitative estimate of drug-likeness (QED) is 0.352. The molecule has 140 valence electrons. The molecule has 0 aromatic heterocycles.